The third-order valence-electron chi connectivity index (χ3n) is 3.02. The Hall–Kier alpha value is -3.15. The lowest BCUT2D eigenvalue weighted by Crippen LogP contribution is -2.21. The molecule has 0 spiro atoms. The van der Waals surface area contributed by atoms with Gasteiger partial charge < -0.3 is 11.2 Å². The standard InChI is InChI=1S/C14H10F3N7OS/c15-14(16,17)12-22-23-13(24(12)18)26-10-7-6-9(20-21-10)11(25)19-8-4-2-1-3-5-8/h1-7H,18H2,(H,19,25). The summed E-state index contributed by atoms with van der Waals surface area (Å²) in [5.74, 6) is 3.54. The Morgan fingerprint density at radius 1 is 1.04 bits per heavy atom. The summed E-state index contributed by atoms with van der Waals surface area (Å²) < 4.78 is 38.2. The van der Waals surface area contributed by atoms with E-state index in [2.05, 4.69) is 25.7 Å². The normalized spacial score (nSPS) is 11.3. The van der Waals surface area contributed by atoms with E-state index in [0.29, 0.717) is 10.4 Å². The molecule has 3 N–H and O–H groups in total. The lowest BCUT2D eigenvalue weighted by molar-refractivity contribution is -0.146. The summed E-state index contributed by atoms with van der Waals surface area (Å²) in [7, 11) is 0. The average molecular weight is 381 g/mol. The molecule has 0 saturated carbocycles. The van der Waals surface area contributed by atoms with Gasteiger partial charge in [0.1, 0.15) is 5.03 Å². The van der Waals surface area contributed by atoms with E-state index >= 15 is 0 Å². The van der Waals surface area contributed by atoms with Gasteiger partial charge in [-0.3, -0.25) is 4.79 Å². The maximum absolute atomic E-state index is 12.6. The lowest BCUT2D eigenvalue weighted by atomic mass is 10.3. The number of nitrogens with two attached hydrogens (primary N) is 1. The fourth-order valence-corrected chi connectivity index (χ4v) is 2.52. The van der Waals surface area contributed by atoms with Crippen LogP contribution in [-0.4, -0.2) is 31.0 Å². The van der Waals surface area contributed by atoms with E-state index in [1.54, 1.807) is 24.3 Å². The fourth-order valence-electron chi connectivity index (χ4n) is 1.85. The lowest BCUT2D eigenvalue weighted by Gasteiger charge is -2.06. The molecule has 0 radical (unpaired) electrons. The summed E-state index contributed by atoms with van der Waals surface area (Å²) >= 11 is 0.735. The molecular formula is C14H10F3N7OS. The Labute approximate surface area is 148 Å². The number of anilines is 1. The number of nitrogen functional groups attached to an aromatic ring is 1. The third-order valence-corrected chi connectivity index (χ3v) is 3.91. The first-order valence-electron chi connectivity index (χ1n) is 7.00. The van der Waals surface area contributed by atoms with Crippen LogP contribution < -0.4 is 11.2 Å². The van der Waals surface area contributed by atoms with Gasteiger partial charge in [-0.25, -0.2) is 4.68 Å². The van der Waals surface area contributed by atoms with E-state index < -0.39 is 17.9 Å². The van der Waals surface area contributed by atoms with Crippen LogP contribution in [0.25, 0.3) is 0 Å². The van der Waals surface area contributed by atoms with Crippen LogP contribution in [0.5, 0.6) is 0 Å². The van der Waals surface area contributed by atoms with E-state index in [1.165, 1.54) is 12.1 Å². The van der Waals surface area contributed by atoms with Crippen molar-refractivity contribution in [2.75, 3.05) is 11.2 Å². The molecule has 12 heteroatoms. The van der Waals surface area contributed by atoms with Crippen LogP contribution in [0.3, 0.4) is 0 Å². The molecule has 0 fully saturated rings. The van der Waals surface area contributed by atoms with Crippen LogP contribution in [0.1, 0.15) is 16.3 Å². The Balaban J connectivity index is 1.70. The predicted octanol–water partition coefficient (Wildman–Crippen LogP) is 2.20. The van der Waals surface area contributed by atoms with Crippen LogP contribution in [0.2, 0.25) is 0 Å². The number of hydrogen-bond acceptors (Lipinski definition) is 7. The third kappa shape index (κ3) is 3.91. The molecular weight excluding hydrogens is 371 g/mol. The maximum Gasteiger partial charge on any atom is 0.453 e. The average Bonchev–Trinajstić information content (AvgIpc) is 2.97. The van der Waals surface area contributed by atoms with E-state index in [9.17, 15) is 18.0 Å². The number of alkyl halides is 3. The van der Waals surface area contributed by atoms with Crippen molar-refractivity contribution in [2.45, 2.75) is 16.4 Å². The second-order valence-corrected chi connectivity index (χ2v) is 5.84. The van der Waals surface area contributed by atoms with E-state index in [1.807, 2.05) is 6.07 Å². The van der Waals surface area contributed by atoms with Crippen LogP contribution in [-0.2, 0) is 6.18 Å². The first-order chi connectivity index (χ1) is 12.3. The van der Waals surface area contributed by atoms with Crippen molar-refractivity contribution in [3.05, 3.63) is 54.0 Å². The molecule has 0 aliphatic heterocycles. The fraction of sp³-hybridized carbons (Fsp3) is 0.0714. The van der Waals surface area contributed by atoms with Gasteiger partial charge in [0.2, 0.25) is 5.16 Å². The Morgan fingerprint density at radius 3 is 2.35 bits per heavy atom. The largest absolute Gasteiger partial charge is 0.453 e. The minimum Gasteiger partial charge on any atom is -0.335 e. The number of benzene rings is 1. The molecule has 1 amide bonds. The number of carbonyl (C=O) groups excluding carboxylic acids is 1. The molecule has 0 bridgehead atoms. The van der Waals surface area contributed by atoms with Gasteiger partial charge in [0, 0.05) is 5.69 Å². The molecule has 0 aliphatic rings. The molecule has 2 heterocycles. The highest BCUT2D eigenvalue weighted by Crippen LogP contribution is 2.30. The zero-order valence-electron chi connectivity index (χ0n) is 12.8. The summed E-state index contributed by atoms with van der Waals surface area (Å²) in [4.78, 5) is 12.1. The molecule has 3 aromatic rings. The first kappa shape index (κ1) is 17.7. The monoisotopic (exact) mass is 381 g/mol. The van der Waals surface area contributed by atoms with E-state index in [0.717, 1.165) is 11.8 Å². The molecule has 134 valence electrons. The van der Waals surface area contributed by atoms with Crippen molar-refractivity contribution < 1.29 is 18.0 Å². The summed E-state index contributed by atoms with van der Waals surface area (Å²) in [6.45, 7) is 0. The predicted molar refractivity (Wildman–Crippen MR) is 85.7 cm³/mol. The summed E-state index contributed by atoms with van der Waals surface area (Å²) in [5, 5.41) is 16.5. The van der Waals surface area contributed by atoms with Gasteiger partial charge in [-0.1, -0.05) is 18.2 Å². The highest BCUT2D eigenvalue weighted by Gasteiger charge is 2.38. The Morgan fingerprint density at radius 2 is 1.77 bits per heavy atom. The number of amides is 1. The van der Waals surface area contributed by atoms with Crippen molar-refractivity contribution >= 4 is 23.4 Å². The minimum atomic E-state index is -4.72. The zero-order chi connectivity index (χ0) is 18.7. The van der Waals surface area contributed by atoms with E-state index in [4.69, 9.17) is 5.84 Å². The van der Waals surface area contributed by atoms with Gasteiger partial charge in [0.25, 0.3) is 11.7 Å². The molecule has 26 heavy (non-hydrogen) atoms. The molecule has 0 unspecified atom stereocenters. The summed E-state index contributed by atoms with van der Waals surface area (Å²) in [6.07, 6.45) is -4.72. The number of hydrogen-bond donors (Lipinski definition) is 2. The number of para-hydroxylation sites is 1. The number of nitrogens with zero attached hydrogens (tertiary/aromatic N) is 5. The van der Waals surface area contributed by atoms with Gasteiger partial charge in [-0.15, -0.1) is 20.4 Å². The number of nitrogens with one attached hydrogen (secondary N) is 1. The Bertz CT molecular complexity index is 913. The molecule has 3 rings (SSSR count). The van der Waals surface area contributed by atoms with Crippen molar-refractivity contribution in [2.24, 2.45) is 0 Å². The SMILES string of the molecule is Nn1c(Sc2ccc(C(=O)Nc3ccccc3)nn2)nnc1C(F)(F)F. The van der Waals surface area contributed by atoms with Crippen molar-refractivity contribution in [3.63, 3.8) is 0 Å². The Kier molecular flexibility index (Phi) is 4.75. The first-order valence-corrected chi connectivity index (χ1v) is 7.82. The van der Waals surface area contributed by atoms with Crippen LogP contribution in [0, 0.1) is 0 Å². The number of carbonyl (C=O) groups is 1. The zero-order valence-corrected chi connectivity index (χ0v) is 13.6. The summed E-state index contributed by atoms with van der Waals surface area (Å²) in [6, 6.07) is 11.6. The van der Waals surface area contributed by atoms with Gasteiger partial charge in [-0.05, 0) is 36.0 Å². The maximum atomic E-state index is 12.6. The quantitative estimate of drug-likeness (QED) is 0.667. The molecule has 8 nitrogen and oxygen atoms in total. The minimum absolute atomic E-state index is 0.0448. The second kappa shape index (κ2) is 7.00. The van der Waals surface area contributed by atoms with Crippen LogP contribution in [0.15, 0.2) is 52.6 Å². The van der Waals surface area contributed by atoms with Crippen molar-refractivity contribution in [1.29, 1.82) is 0 Å². The molecule has 2 aromatic heterocycles. The second-order valence-electron chi connectivity index (χ2n) is 4.85. The van der Waals surface area contributed by atoms with Crippen molar-refractivity contribution in [1.82, 2.24) is 25.1 Å². The number of aromatic nitrogens is 5. The van der Waals surface area contributed by atoms with Crippen LogP contribution in [0.4, 0.5) is 18.9 Å². The topological polar surface area (TPSA) is 112 Å². The van der Waals surface area contributed by atoms with Crippen molar-refractivity contribution in [3.8, 4) is 0 Å². The van der Waals surface area contributed by atoms with E-state index in [-0.39, 0.29) is 15.9 Å². The van der Waals surface area contributed by atoms with Gasteiger partial charge in [0.05, 0.1) is 0 Å². The highest BCUT2D eigenvalue weighted by molar-refractivity contribution is 7.99. The molecule has 0 saturated heterocycles. The molecule has 1 aromatic carbocycles. The molecule has 0 atom stereocenters. The smallest absolute Gasteiger partial charge is 0.335 e. The summed E-state index contributed by atoms with van der Waals surface area (Å²) in [5.41, 5.74) is 0.636. The van der Waals surface area contributed by atoms with Gasteiger partial charge >= 0.3 is 6.18 Å². The van der Waals surface area contributed by atoms with Crippen LogP contribution >= 0.6 is 11.8 Å². The van der Waals surface area contributed by atoms with Gasteiger partial charge in [0.15, 0.2) is 5.69 Å². The highest BCUT2D eigenvalue weighted by atomic mass is 32.2. The number of rotatable bonds is 4. The number of halogens is 3. The molecule has 0 aliphatic carbocycles. The van der Waals surface area contributed by atoms with Gasteiger partial charge in [-0.2, -0.15) is 13.2 Å².